The van der Waals surface area contributed by atoms with Gasteiger partial charge in [-0.25, -0.2) is 0 Å². The van der Waals surface area contributed by atoms with Crippen molar-refractivity contribution in [2.75, 3.05) is 26.7 Å². The van der Waals surface area contributed by atoms with Crippen molar-refractivity contribution in [3.63, 3.8) is 0 Å². The quantitative estimate of drug-likeness (QED) is 0.773. The number of likely N-dealkylation sites (N-methyl/N-ethyl adjacent to an activating group) is 1. The highest BCUT2D eigenvalue weighted by atomic mass is 79.9. The molecule has 0 aliphatic rings. The van der Waals surface area contributed by atoms with Gasteiger partial charge in [-0.3, -0.25) is 14.4 Å². The van der Waals surface area contributed by atoms with Gasteiger partial charge in [0.2, 0.25) is 5.91 Å². The number of carbonyl (C=O) groups excluding carboxylic acids is 2. The van der Waals surface area contributed by atoms with Gasteiger partial charge in [-0.2, -0.15) is 0 Å². The van der Waals surface area contributed by atoms with Crippen molar-refractivity contribution in [3.05, 3.63) is 20.8 Å². The maximum atomic E-state index is 12.2. The highest BCUT2D eigenvalue weighted by molar-refractivity contribution is 9.11. The summed E-state index contributed by atoms with van der Waals surface area (Å²) in [5.41, 5.74) is 0. The summed E-state index contributed by atoms with van der Waals surface area (Å²) in [5.74, 6) is -1.55. The zero-order valence-corrected chi connectivity index (χ0v) is 15.1. The summed E-state index contributed by atoms with van der Waals surface area (Å²) in [6, 6.07) is 3.45. The van der Waals surface area contributed by atoms with Crippen LogP contribution in [0.5, 0.6) is 0 Å². The van der Waals surface area contributed by atoms with Crippen LogP contribution in [-0.2, 0) is 9.59 Å². The van der Waals surface area contributed by atoms with Crippen LogP contribution in [0.3, 0.4) is 0 Å². The maximum absolute atomic E-state index is 12.2. The Balaban J connectivity index is 2.70. The second-order valence-electron chi connectivity index (χ2n) is 5.33. The van der Waals surface area contributed by atoms with Crippen molar-refractivity contribution in [1.29, 1.82) is 0 Å². The van der Waals surface area contributed by atoms with Crippen LogP contribution >= 0.6 is 27.3 Å². The van der Waals surface area contributed by atoms with Gasteiger partial charge in [0.05, 0.1) is 15.2 Å². The summed E-state index contributed by atoms with van der Waals surface area (Å²) in [5, 5.41) is 8.89. The number of halogens is 1. The van der Waals surface area contributed by atoms with Gasteiger partial charge in [-0.1, -0.05) is 13.8 Å². The van der Waals surface area contributed by atoms with Crippen LogP contribution < -0.4 is 0 Å². The average molecular weight is 391 g/mol. The first-order valence-electron chi connectivity index (χ1n) is 6.71. The number of hydrogen-bond acceptors (Lipinski definition) is 4. The third kappa shape index (κ3) is 5.76. The lowest BCUT2D eigenvalue weighted by Crippen LogP contribution is -2.44. The van der Waals surface area contributed by atoms with E-state index in [0.29, 0.717) is 11.4 Å². The Kier molecular flexibility index (Phi) is 7.02. The number of carboxylic acid groups (broad SMARTS) is 1. The number of rotatable bonds is 7. The predicted octanol–water partition coefficient (Wildman–Crippen LogP) is 2.15. The van der Waals surface area contributed by atoms with Crippen molar-refractivity contribution in [3.8, 4) is 0 Å². The molecule has 8 heteroatoms. The van der Waals surface area contributed by atoms with Gasteiger partial charge in [0.15, 0.2) is 0 Å². The second-order valence-corrected chi connectivity index (χ2v) is 7.79. The fourth-order valence-electron chi connectivity index (χ4n) is 1.85. The minimum absolute atomic E-state index is 0.144. The second kappa shape index (κ2) is 8.28. The van der Waals surface area contributed by atoms with E-state index in [1.54, 1.807) is 12.1 Å². The molecule has 0 saturated carbocycles. The molecule has 0 bridgehead atoms. The van der Waals surface area contributed by atoms with Crippen LogP contribution in [0.2, 0.25) is 0 Å². The van der Waals surface area contributed by atoms with Crippen molar-refractivity contribution in [1.82, 2.24) is 9.80 Å². The van der Waals surface area contributed by atoms with Gasteiger partial charge < -0.3 is 14.9 Å². The third-order valence-electron chi connectivity index (χ3n) is 2.77. The molecular weight excluding hydrogens is 372 g/mol. The predicted molar refractivity (Wildman–Crippen MR) is 88.0 cm³/mol. The Morgan fingerprint density at radius 1 is 1.27 bits per heavy atom. The molecule has 0 unspecified atom stereocenters. The summed E-state index contributed by atoms with van der Waals surface area (Å²) >= 11 is 4.57. The van der Waals surface area contributed by atoms with Gasteiger partial charge in [0.1, 0.15) is 6.54 Å². The van der Waals surface area contributed by atoms with Gasteiger partial charge in [-0.15, -0.1) is 11.3 Å². The number of thiophene rings is 1. The largest absolute Gasteiger partial charge is 0.480 e. The summed E-state index contributed by atoms with van der Waals surface area (Å²) in [6.07, 6.45) is 0. The molecule has 0 aliphatic carbocycles. The lowest BCUT2D eigenvalue weighted by molar-refractivity contribution is -0.144. The molecular formula is C14H19BrN2O4S. The monoisotopic (exact) mass is 390 g/mol. The minimum atomic E-state index is -1.06. The molecule has 0 radical (unpaired) electrons. The zero-order valence-electron chi connectivity index (χ0n) is 12.7. The van der Waals surface area contributed by atoms with E-state index in [0.717, 1.165) is 3.79 Å². The fourth-order valence-corrected chi connectivity index (χ4v) is 3.23. The van der Waals surface area contributed by atoms with Crippen LogP contribution in [0.1, 0.15) is 23.5 Å². The lowest BCUT2D eigenvalue weighted by atomic mass is 10.2. The molecule has 1 aromatic heterocycles. The summed E-state index contributed by atoms with van der Waals surface area (Å²) in [6.45, 7) is 3.65. The third-order valence-corrected chi connectivity index (χ3v) is 4.38. The summed E-state index contributed by atoms with van der Waals surface area (Å²) in [7, 11) is 1.53. The van der Waals surface area contributed by atoms with Crippen LogP contribution in [0.4, 0.5) is 0 Å². The Bertz CT molecular complexity index is 559. The Morgan fingerprint density at radius 3 is 2.36 bits per heavy atom. The smallest absolute Gasteiger partial charge is 0.323 e. The van der Waals surface area contributed by atoms with Crippen LogP contribution in [0.15, 0.2) is 15.9 Å². The topological polar surface area (TPSA) is 77.9 Å². The van der Waals surface area contributed by atoms with E-state index in [1.165, 1.54) is 28.2 Å². The molecule has 0 atom stereocenters. The number of nitrogens with zero attached hydrogens (tertiary/aromatic N) is 2. The molecule has 0 spiro atoms. The first kappa shape index (κ1) is 18.6. The van der Waals surface area contributed by atoms with Crippen LogP contribution in [0, 0.1) is 5.92 Å². The molecule has 2 amide bonds. The highest BCUT2D eigenvalue weighted by Crippen LogP contribution is 2.23. The number of carboxylic acids is 1. The van der Waals surface area contributed by atoms with Gasteiger partial charge in [0, 0.05) is 13.6 Å². The van der Waals surface area contributed by atoms with Crippen molar-refractivity contribution in [2.45, 2.75) is 13.8 Å². The van der Waals surface area contributed by atoms with E-state index in [2.05, 4.69) is 15.9 Å². The van der Waals surface area contributed by atoms with Gasteiger partial charge in [-0.05, 0) is 34.0 Å². The van der Waals surface area contributed by atoms with Crippen molar-refractivity contribution >= 4 is 45.1 Å². The standard InChI is InChI=1S/C14H19BrN2O4S/c1-9(2)6-17(8-13(19)20)12(18)7-16(3)14(21)10-4-5-11(15)22-10/h4-5,9H,6-8H2,1-3H3,(H,19,20). The first-order valence-corrected chi connectivity index (χ1v) is 8.32. The van der Waals surface area contributed by atoms with Gasteiger partial charge >= 0.3 is 5.97 Å². The molecule has 1 heterocycles. The average Bonchev–Trinajstić information content (AvgIpc) is 2.82. The molecule has 0 aliphatic heterocycles. The van der Waals surface area contributed by atoms with E-state index < -0.39 is 5.97 Å². The molecule has 6 nitrogen and oxygen atoms in total. The molecule has 0 fully saturated rings. The van der Waals surface area contributed by atoms with E-state index in [-0.39, 0.29) is 30.8 Å². The first-order chi connectivity index (χ1) is 10.2. The van der Waals surface area contributed by atoms with E-state index in [1.807, 2.05) is 13.8 Å². The number of amides is 2. The Morgan fingerprint density at radius 2 is 1.91 bits per heavy atom. The lowest BCUT2D eigenvalue weighted by Gasteiger charge is -2.25. The number of carbonyl (C=O) groups is 3. The normalized spacial score (nSPS) is 10.6. The SMILES string of the molecule is CC(C)CN(CC(=O)O)C(=O)CN(C)C(=O)c1ccc(Br)s1. The van der Waals surface area contributed by atoms with Gasteiger partial charge in [0.25, 0.3) is 5.91 Å². The molecule has 0 saturated heterocycles. The van der Waals surface area contributed by atoms with Crippen molar-refractivity contribution in [2.24, 2.45) is 5.92 Å². The molecule has 1 N–H and O–H groups in total. The highest BCUT2D eigenvalue weighted by Gasteiger charge is 2.22. The Labute approximate surface area is 141 Å². The van der Waals surface area contributed by atoms with Crippen LogP contribution in [-0.4, -0.2) is 59.4 Å². The number of hydrogen-bond donors (Lipinski definition) is 1. The van der Waals surface area contributed by atoms with E-state index in [9.17, 15) is 14.4 Å². The molecule has 1 rings (SSSR count). The minimum Gasteiger partial charge on any atom is -0.480 e. The molecule has 122 valence electrons. The van der Waals surface area contributed by atoms with Crippen LogP contribution in [0.25, 0.3) is 0 Å². The maximum Gasteiger partial charge on any atom is 0.323 e. The fraction of sp³-hybridized carbons (Fsp3) is 0.500. The molecule has 0 aromatic carbocycles. The van der Waals surface area contributed by atoms with Crippen molar-refractivity contribution < 1.29 is 19.5 Å². The number of aliphatic carboxylic acids is 1. The van der Waals surface area contributed by atoms with E-state index >= 15 is 0 Å². The molecule has 22 heavy (non-hydrogen) atoms. The summed E-state index contributed by atoms with van der Waals surface area (Å²) in [4.78, 5) is 38.4. The summed E-state index contributed by atoms with van der Waals surface area (Å²) < 4.78 is 0.836. The Hall–Kier alpha value is -1.41. The van der Waals surface area contributed by atoms with E-state index in [4.69, 9.17) is 5.11 Å². The molecule has 1 aromatic rings. The zero-order chi connectivity index (χ0) is 16.9.